The van der Waals surface area contributed by atoms with Gasteiger partial charge in [0, 0.05) is 23.5 Å². The zero-order valence-corrected chi connectivity index (χ0v) is 13.7. The van der Waals surface area contributed by atoms with Crippen LogP contribution in [-0.4, -0.2) is 35.9 Å². The van der Waals surface area contributed by atoms with Crippen LogP contribution in [0.2, 0.25) is 0 Å². The van der Waals surface area contributed by atoms with Crippen molar-refractivity contribution >= 4 is 30.1 Å². The maximum atomic E-state index is 12.3. The van der Waals surface area contributed by atoms with Gasteiger partial charge in [-0.2, -0.15) is 13.2 Å². The molecule has 0 bridgehead atoms. The van der Waals surface area contributed by atoms with Gasteiger partial charge in [-0.1, -0.05) is 6.92 Å². The van der Waals surface area contributed by atoms with Crippen LogP contribution in [0.4, 0.5) is 13.2 Å². The molecule has 1 aromatic rings. The quantitative estimate of drug-likeness (QED) is 0.845. The van der Waals surface area contributed by atoms with Gasteiger partial charge in [-0.15, -0.1) is 12.4 Å². The van der Waals surface area contributed by atoms with Gasteiger partial charge in [0.25, 0.3) is 5.91 Å². The third-order valence-corrected chi connectivity index (χ3v) is 4.41. The summed E-state index contributed by atoms with van der Waals surface area (Å²) in [5, 5.41) is 0. The fourth-order valence-electron chi connectivity index (χ4n) is 2.35. The summed E-state index contributed by atoms with van der Waals surface area (Å²) in [7, 11) is 0. The minimum atomic E-state index is -4.32. The molecule has 1 atom stereocenters. The van der Waals surface area contributed by atoms with Crippen molar-refractivity contribution in [2.24, 2.45) is 11.1 Å². The Morgan fingerprint density at radius 2 is 1.95 bits per heavy atom. The Hall–Kier alpha value is -0.920. The van der Waals surface area contributed by atoms with E-state index in [2.05, 4.69) is 0 Å². The average Bonchev–Trinajstić information content (AvgIpc) is 2.80. The average molecular weight is 355 g/mol. The van der Waals surface area contributed by atoms with E-state index in [0.29, 0.717) is 25.2 Å². The number of likely N-dealkylation sites (tertiary alicyclic amines) is 1. The standard InChI is InChI=1S/C14H17F3N2OS.ClH/c1-13(8-18)6-7-19(9-13)12(20)10-2-4-11(5-3-10)21-14(15,16)17;/h2-5H,6-9,18H2,1H3;1H. The van der Waals surface area contributed by atoms with Crippen LogP contribution in [0.15, 0.2) is 29.2 Å². The molecule has 1 heterocycles. The van der Waals surface area contributed by atoms with Crippen LogP contribution in [0.25, 0.3) is 0 Å². The van der Waals surface area contributed by atoms with Crippen molar-refractivity contribution in [1.82, 2.24) is 4.90 Å². The molecule has 1 fully saturated rings. The van der Waals surface area contributed by atoms with Gasteiger partial charge in [-0.25, -0.2) is 0 Å². The third kappa shape index (κ3) is 4.79. The van der Waals surface area contributed by atoms with Crippen LogP contribution >= 0.6 is 24.2 Å². The Kier molecular flexibility index (Phi) is 6.18. The lowest BCUT2D eigenvalue weighted by atomic mass is 9.90. The molecular formula is C14H18ClF3N2OS. The van der Waals surface area contributed by atoms with Gasteiger partial charge >= 0.3 is 5.51 Å². The number of thioether (sulfide) groups is 1. The van der Waals surface area contributed by atoms with Crippen molar-refractivity contribution in [2.45, 2.75) is 23.7 Å². The largest absolute Gasteiger partial charge is 0.446 e. The minimum absolute atomic E-state index is 0. The molecule has 0 radical (unpaired) electrons. The van der Waals surface area contributed by atoms with Gasteiger partial charge in [0.1, 0.15) is 0 Å². The second kappa shape index (κ2) is 7.10. The number of hydrogen-bond acceptors (Lipinski definition) is 3. The summed E-state index contributed by atoms with van der Waals surface area (Å²) in [6, 6.07) is 5.52. The molecule has 0 saturated carbocycles. The fraction of sp³-hybridized carbons (Fsp3) is 0.500. The highest BCUT2D eigenvalue weighted by Gasteiger charge is 2.35. The van der Waals surface area contributed by atoms with Gasteiger partial charge in [0.05, 0.1) is 0 Å². The minimum Gasteiger partial charge on any atom is -0.338 e. The molecule has 1 aromatic carbocycles. The van der Waals surface area contributed by atoms with Crippen LogP contribution in [0, 0.1) is 5.41 Å². The summed E-state index contributed by atoms with van der Waals surface area (Å²) in [6.07, 6.45) is 0.844. The maximum absolute atomic E-state index is 12.3. The predicted octanol–water partition coefficient (Wildman–Crippen LogP) is 3.53. The van der Waals surface area contributed by atoms with Crippen LogP contribution in [0.3, 0.4) is 0 Å². The van der Waals surface area contributed by atoms with E-state index in [0.717, 1.165) is 6.42 Å². The highest BCUT2D eigenvalue weighted by molar-refractivity contribution is 8.00. The first kappa shape index (κ1) is 19.1. The second-order valence-electron chi connectivity index (χ2n) is 5.56. The third-order valence-electron chi connectivity index (χ3n) is 3.67. The molecule has 1 aliphatic rings. The SMILES string of the molecule is CC1(CN)CCN(C(=O)c2ccc(SC(F)(F)F)cc2)C1.Cl. The van der Waals surface area contributed by atoms with Gasteiger partial charge < -0.3 is 10.6 Å². The maximum Gasteiger partial charge on any atom is 0.446 e. The number of carbonyl (C=O) groups excluding carboxylic acids is 1. The first-order valence-electron chi connectivity index (χ1n) is 6.58. The molecule has 1 saturated heterocycles. The molecule has 1 aliphatic heterocycles. The highest BCUT2D eigenvalue weighted by Crippen LogP contribution is 2.37. The van der Waals surface area contributed by atoms with Crippen molar-refractivity contribution in [3.05, 3.63) is 29.8 Å². The second-order valence-corrected chi connectivity index (χ2v) is 6.70. The van der Waals surface area contributed by atoms with Crippen molar-refractivity contribution in [1.29, 1.82) is 0 Å². The summed E-state index contributed by atoms with van der Waals surface area (Å²) in [4.78, 5) is 14.1. The predicted molar refractivity (Wildman–Crippen MR) is 83.3 cm³/mol. The summed E-state index contributed by atoms with van der Waals surface area (Å²) in [5.74, 6) is -0.157. The molecule has 0 spiro atoms. The number of alkyl halides is 3. The van der Waals surface area contributed by atoms with Gasteiger partial charge in [-0.3, -0.25) is 4.79 Å². The number of hydrogen-bond donors (Lipinski definition) is 1. The van der Waals surface area contributed by atoms with Gasteiger partial charge in [0.15, 0.2) is 0 Å². The van der Waals surface area contributed by atoms with Gasteiger partial charge in [-0.05, 0) is 54.4 Å². The highest BCUT2D eigenvalue weighted by atomic mass is 35.5. The number of carbonyl (C=O) groups is 1. The molecule has 2 N–H and O–H groups in total. The normalized spacial score (nSPS) is 21.6. The lowest BCUT2D eigenvalue weighted by Crippen LogP contribution is -2.34. The number of benzene rings is 1. The number of nitrogens with zero attached hydrogens (tertiary/aromatic N) is 1. The smallest absolute Gasteiger partial charge is 0.338 e. The molecule has 124 valence electrons. The van der Waals surface area contributed by atoms with E-state index >= 15 is 0 Å². The van der Waals surface area contributed by atoms with E-state index in [1.807, 2.05) is 6.92 Å². The van der Waals surface area contributed by atoms with E-state index in [4.69, 9.17) is 5.73 Å². The van der Waals surface area contributed by atoms with Crippen LogP contribution in [0.5, 0.6) is 0 Å². The van der Waals surface area contributed by atoms with Crippen LogP contribution in [0.1, 0.15) is 23.7 Å². The van der Waals surface area contributed by atoms with E-state index in [-0.39, 0.29) is 40.4 Å². The zero-order valence-electron chi connectivity index (χ0n) is 12.0. The Bertz CT molecular complexity index is 524. The molecule has 3 nitrogen and oxygen atoms in total. The summed E-state index contributed by atoms with van der Waals surface area (Å²) in [5.41, 5.74) is 1.72. The first-order valence-corrected chi connectivity index (χ1v) is 7.39. The van der Waals surface area contributed by atoms with E-state index < -0.39 is 5.51 Å². The lowest BCUT2D eigenvalue weighted by molar-refractivity contribution is -0.0328. The van der Waals surface area contributed by atoms with Crippen LogP contribution in [-0.2, 0) is 0 Å². The fourth-order valence-corrected chi connectivity index (χ4v) is 2.88. The lowest BCUT2D eigenvalue weighted by Gasteiger charge is -2.22. The molecular weight excluding hydrogens is 337 g/mol. The Morgan fingerprint density at radius 1 is 1.36 bits per heavy atom. The molecule has 8 heteroatoms. The van der Waals surface area contributed by atoms with Crippen molar-refractivity contribution in [2.75, 3.05) is 19.6 Å². The monoisotopic (exact) mass is 354 g/mol. The van der Waals surface area contributed by atoms with Crippen molar-refractivity contribution < 1.29 is 18.0 Å². The molecule has 2 rings (SSSR count). The summed E-state index contributed by atoms with van der Waals surface area (Å²) >= 11 is -0.185. The zero-order chi connectivity index (χ0) is 15.7. The summed E-state index contributed by atoms with van der Waals surface area (Å²) < 4.78 is 36.7. The van der Waals surface area contributed by atoms with Crippen molar-refractivity contribution in [3.63, 3.8) is 0 Å². The summed E-state index contributed by atoms with van der Waals surface area (Å²) in [6.45, 7) is 3.76. The molecule has 22 heavy (non-hydrogen) atoms. The van der Waals surface area contributed by atoms with Gasteiger partial charge in [0.2, 0.25) is 0 Å². The number of halogens is 4. The Balaban J connectivity index is 0.00000242. The molecule has 0 aromatic heterocycles. The number of amides is 1. The van der Waals surface area contributed by atoms with E-state index in [1.54, 1.807) is 4.90 Å². The molecule has 1 amide bonds. The topological polar surface area (TPSA) is 46.3 Å². The van der Waals surface area contributed by atoms with Crippen molar-refractivity contribution in [3.8, 4) is 0 Å². The number of rotatable bonds is 3. The number of nitrogens with two attached hydrogens (primary N) is 1. The van der Waals surface area contributed by atoms with E-state index in [9.17, 15) is 18.0 Å². The molecule has 1 unspecified atom stereocenters. The Labute approximate surface area is 137 Å². The Morgan fingerprint density at radius 3 is 2.41 bits per heavy atom. The molecule has 0 aliphatic carbocycles. The first-order chi connectivity index (χ1) is 9.72. The van der Waals surface area contributed by atoms with E-state index in [1.165, 1.54) is 24.3 Å². The van der Waals surface area contributed by atoms with Crippen LogP contribution < -0.4 is 5.73 Å².